The monoisotopic (exact) mass is 418 g/mol. The normalized spacial score (nSPS) is 20.5. The number of para-hydroxylation sites is 1. The Morgan fingerprint density at radius 1 is 1.10 bits per heavy atom. The molecular formula is C19H22N4O5S. The smallest absolute Gasteiger partial charge is 0.319 e. The predicted molar refractivity (Wildman–Crippen MR) is 106 cm³/mol. The minimum atomic E-state index is -4.02. The molecule has 1 fully saturated rings. The Morgan fingerprint density at radius 3 is 2.41 bits per heavy atom. The zero-order valence-electron chi connectivity index (χ0n) is 16.2. The van der Waals surface area contributed by atoms with Crippen LogP contribution in [0.4, 0.5) is 5.69 Å². The van der Waals surface area contributed by atoms with E-state index in [0.29, 0.717) is 37.1 Å². The second kappa shape index (κ2) is 6.87. The Bertz CT molecular complexity index is 1170. The van der Waals surface area contributed by atoms with Crippen LogP contribution in [0.15, 0.2) is 56.3 Å². The predicted octanol–water partition coefficient (Wildman–Crippen LogP) is 3.36. The van der Waals surface area contributed by atoms with Crippen molar-refractivity contribution in [2.24, 2.45) is 17.3 Å². The maximum Gasteiger partial charge on any atom is 0.319 e. The van der Waals surface area contributed by atoms with Crippen LogP contribution in [0.5, 0.6) is 0 Å². The SMILES string of the molecule is Cc1c(N=NC2=C(O)OC3(CCCCC3)S2(=O)=O)c(=O)n(-c2ccccc2)n1C. The van der Waals surface area contributed by atoms with Crippen LogP contribution in [0.2, 0.25) is 0 Å². The van der Waals surface area contributed by atoms with Gasteiger partial charge in [0.05, 0.1) is 11.4 Å². The number of hydrogen-bond donors (Lipinski definition) is 1. The number of rotatable bonds is 3. The highest BCUT2D eigenvalue weighted by Gasteiger charge is 2.56. The molecule has 9 nitrogen and oxygen atoms in total. The van der Waals surface area contributed by atoms with Crippen LogP contribution in [0, 0.1) is 6.92 Å². The van der Waals surface area contributed by atoms with Gasteiger partial charge in [-0.05, 0) is 31.9 Å². The van der Waals surface area contributed by atoms with Gasteiger partial charge in [0.1, 0.15) is 0 Å². The first-order valence-electron chi connectivity index (χ1n) is 9.41. The second-order valence-electron chi connectivity index (χ2n) is 7.30. The maximum atomic E-state index is 13.0. The average Bonchev–Trinajstić information content (AvgIpc) is 3.02. The van der Waals surface area contributed by atoms with E-state index in [2.05, 4.69) is 10.2 Å². The topological polar surface area (TPSA) is 115 Å². The lowest BCUT2D eigenvalue weighted by Crippen LogP contribution is -2.39. The number of ether oxygens (including phenoxy) is 1. The molecule has 0 atom stereocenters. The quantitative estimate of drug-likeness (QED) is 0.768. The first kappa shape index (κ1) is 19.4. The highest BCUT2D eigenvalue weighted by atomic mass is 32.2. The molecule has 2 aromatic rings. The molecule has 0 unspecified atom stereocenters. The van der Waals surface area contributed by atoms with Crippen molar-refractivity contribution < 1.29 is 18.3 Å². The highest BCUT2D eigenvalue weighted by molar-refractivity contribution is 7.96. The third-order valence-electron chi connectivity index (χ3n) is 5.59. The number of aliphatic hydroxyl groups excluding tert-OH is 1. The standard InChI is InChI=1S/C19H22N4O5S/c1-13-15(17(24)23(22(13)2)14-9-5-3-6-10-14)20-21-16-18(25)28-19(29(16,26)27)11-7-4-8-12-19/h3,5-6,9-10,25H,4,7-8,11-12H2,1-2H3. The maximum absolute atomic E-state index is 13.0. The molecule has 1 aromatic heterocycles. The molecule has 0 amide bonds. The zero-order chi connectivity index (χ0) is 20.8. The van der Waals surface area contributed by atoms with Gasteiger partial charge in [-0.1, -0.05) is 24.6 Å². The molecule has 1 spiro atoms. The lowest BCUT2D eigenvalue weighted by Gasteiger charge is -2.30. The summed E-state index contributed by atoms with van der Waals surface area (Å²) in [5, 5.41) is 17.2. The molecule has 154 valence electrons. The molecule has 10 heteroatoms. The van der Waals surface area contributed by atoms with Crippen LogP contribution in [0.1, 0.15) is 37.8 Å². The molecular weight excluding hydrogens is 396 g/mol. The Hall–Kier alpha value is -2.88. The highest BCUT2D eigenvalue weighted by Crippen LogP contribution is 2.46. The molecule has 2 aliphatic rings. The van der Waals surface area contributed by atoms with Gasteiger partial charge in [0.2, 0.25) is 14.8 Å². The van der Waals surface area contributed by atoms with E-state index in [0.717, 1.165) is 6.42 Å². The summed E-state index contributed by atoms with van der Waals surface area (Å²) in [6, 6.07) is 9.00. The fourth-order valence-electron chi connectivity index (χ4n) is 3.89. The number of aliphatic hydroxyl groups is 1. The Morgan fingerprint density at radius 2 is 1.76 bits per heavy atom. The van der Waals surface area contributed by atoms with Crippen molar-refractivity contribution in [3.05, 3.63) is 57.4 Å². The molecule has 1 aromatic carbocycles. The van der Waals surface area contributed by atoms with Gasteiger partial charge in [-0.3, -0.25) is 9.48 Å². The summed E-state index contributed by atoms with van der Waals surface area (Å²) in [5.74, 6) is -0.757. The molecule has 2 heterocycles. The van der Waals surface area contributed by atoms with Crippen molar-refractivity contribution in [3.63, 3.8) is 0 Å². The van der Waals surface area contributed by atoms with Crippen molar-refractivity contribution in [2.75, 3.05) is 0 Å². The molecule has 29 heavy (non-hydrogen) atoms. The third kappa shape index (κ3) is 2.89. The average molecular weight is 418 g/mol. The van der Waals surface area contributed by atoms with Gasteiger partial charge in [-0.2, -0.15) is 0 Å². The summed E-state index contributed by atoms with van der Waals surface area (Å²) in [6.07, 6.45) is 2.89. The van der Waals surface area contributed by atoms with E-state index in [-0.39, 0.29) is 5.69 Å². The number of sulfone groups is 1. The Kier molecular flexibility index (Phi) is 4.60. The van der Waals surface area contributed by atoms with Crippen molar-refractivity contribution in [3.8, 4) is 5.69 Å². The van der Waals surface area contributed by atoms with Gasteiger partial charge >= 0.3 is 5.95 Å². The number of benzene rings is 1. The summed E-state index contributed by atoms with van der Waals surface area (Å²) in [5.41, 5.74) is 0.705. The summed E-state index contributed by atoms with van der Waals surface area (Å²) >= 11 is 0. The Labute approximate surface area is 167 Å². The second-order valence-corrected chi connectivity index (χ2v) is 9.43. The summed E-state index contributed by atoms with van der Waals surface area (Å²) < 4.78 is 34.4. The molecule has 4 rings (SSSR count). The largest absolute Gasteiger partial charge is 0.479 e. The first-order chi connectivity index (χ1) is 13.8. The van der Waals surface area contributed by atoms with E-state index in [1.54, 1.807) is 42.9 Å². The van der Waals surface area contributed by atoms with Crippen LogP contribution < -0.4 is 5.56 Å². The van der Waals surface area contributed by atoms with Gasteiger partial charge in [0.15, 0.2) is 5.69 Å². The third-order valence-corrected chi connectivity index (χ3v) is 7.83. The Balaban J connectivity index is 1.74. The van der Waals surface area contributed by atoms with Gasteiger partial charge in [-0.25, -0.2) is 13.1 Å². The van der Waals surface area contributed by atoms with Crippen molar-refractivity contribution in [1.29, 1.82) is 0 Å². The minimum Gasteiger partial charge on any atom is -0.479 e. The number of nitrogens with zero attached hydrogens (tertiary/aromatic N) is 4. The van der Waals surface area contributed by atoms with Crippen molar-refractivity contribution >= 4 is 15.5 Å². The first-order valence-corrected chi connectivity index (χ1v) is 10.9. The molecule has 1 N–H and O–H groups in total. The summed E-state index contributed by atoms with van der Waals surface area (Å²) in [4.78, 5) is 11.4. The summed E-state index contributed by atoms with van der Waals surface area (Å²) in [7, 11) is -2.32. The van der Waals surface area contributed by atoms with Crippen molar-refractivity contribution in [1.82, 2.24) is 9.36 Å². The van der Waals surface area contributed by atoms with E-state index in [1.165, 1.54) is 4.68 Å². The minimum absolute atomic E-state index is 0.00329. The van der Waals surface area contributed by atoms with Crippen LogP contribution in [-0.2, 0) is 21.6 Å². The van der Waals surface area contributed by atoms with Gasteiger partial charge in [-0.15, -0.1) is 10.2 Å². The molecule has 0 bridgehead atoms. The van der Waals surface area contributed by atoms with Gasteiger partial charge in [0.25, 0.3) is 10.6 Å². The molecule has 1 aliphatic carbocycles. The van der Waals surface area contributed by atoms with Crippen LogP contribution in [-0.4, -0.2) is 27.8 Å². The van der Waals surface area contributed by atoms with E-state index in [9.17, 15) is 18.3 Å². The lowest BCUT2D eigenvalue weighted by atomic mass is 9.97. The zero-order valence-corrected chi connectivity index (χ0v) is 17.0. The molecule has 0 saturated heterocycles. The van der Waals surface area contributed by atoms with E-state index >= 15 is 0 Å². The summed E-state index contributed by atoms with van der Waals surface area (Å²) in [6.45, 7) is 1.69. The lowest BCUT2D eigenvalue weighted by molar-refractivity contribution is -0.00834. The van der Waals surface area contributed by atoms with E-state index < -0.39 is 31.3 Å². The van der Waals surface area contributed by atoms with E-state index in [4.69, 9.17) is 4.74 Å². The molecule has 1 saturated carbocycles. The molecule has 0 radical (unpaired) electrons. The van der Waals surface area contributed by atoms with E-state index in [1.807, 2.05) is 6.07 Å². The number of azo groups is 1. The van der Waals surface area contributed by atoms with Crippen LogP contribution in [0.25, 0.3) is 5.69 Å². The number of hydrogen-bond acceptors (Lipinski definition) is 7. The fourth-order valence-corrected chi connectivity index (χ4v) is 5.68. The fraction of sp³-hybridized carbons (Fsp3) is 0.421. The van der Waals surface area contributed by atoms with Crippen LogP contribution in [0.3, 0.4) is 0 Å². The van der Waals surface area contributed by atoms with Gasteiger partial charge in [0, 0.05) is 19.9 Å². The molecule has 1 aliphatic heterocycles. The van der Waals surface area contributed by atoms with Crippen molar-refractivity contribution in [2.45, 2.75) is 44.0 Å². The van der Waals surface area contributed by atoms with Gasteiger partial charge < -0.3 is 9.84 Å². The van der Waals surface area contributed by atoms with Crippen LogP contribution >= 0.6 is 0 Å². The number of aromatic nitrogens is 2.